The zero-order chi connectivity index (χ0) is 16.4. The van der Waals surface area contributed by atoms with Gasteiger partial charge in [0.15, 0.2) is 5.13 Å². The molecular formula is C18H19N3O2S. The number of anilines is 1. The average Bonchev–Trinajstić information content (AvgIpc) is 3.26. The molecule has 1 aliphatic heterocycles. The molecule has 4 rings (SSSR count). The van der Waals surface area contributed by atoms with Crippen LogP contribution in [0.25, 0.3) is 10.2 Å². The molecule has 5 nitrogen and oxygen atoms in total. The largest absolute Gasteiger partial charge is 0.497 e. The van der Waals surface area contributed by atoms with Crippen LogP contribution in [0.5, 0.6) is 11.5 Å². The highest BCUT2D eigenvalue weighted by atomic mass is 32.1. The SMILES string of the molecule is COc1ccc2sc(N3CCC(COc4ccncc4)C3)nc2c1. The van der Waals surface area contributed by atoms with E-state index >= 15 is 0 Å². The van der Waals surface area contributed by atoms with E-state index in [9.17, 15) is 0 Å². The number of hydrogen-bond acceptors (Lipinski definition) is 6. The molecule has 0 bridgehead atoms. The molecule has 2 aromatic heterocycles. The summed E-state index contributed by atoms with van der Waals surface area (Å²) in [7, 11) is 1.68. The minimum atomic E-state index is 0.528. The Morgan fingerprint density at radius 3 is 2.92 bits per heavy atom. The van der Waals surface area contributed by atoms with Gasteiger partial charge in [-0.15, -0.1) is 0 Å². The van der Waals surface area contributed by atoms with Gasteiger partial charge in [0.25, 0.3) is 0 Å². The number of thiazole rings is 1. The number of fused-ring (bicyclic) bond motifs is 1. The van der Waals surface area contributed by atoms with E-state index in [4.69, 9.17) is 14.5 Å². The molecule has 24 heavy (non-hydrogen) atoms. The highest BCUT2D eigenvalue weighted by Gasteiger charge is 2.25. The first kappa shape index (κ1) is 15.2. The number of pyridine rings is 1. The van der Waals surface area contributed by atoms with Crippen LogP contribution in [0.2, 0.25) is 0 Å². The summed E-state index contributed by atoms with van der Waals surface area (Å²) in [5.74, 6) is 2.26. The second-order valence-electron chi connectivity index (χ2n) is 5.92. The predicted octanol–water partition coefficient (Wildman–Crippen LogP) is 3.61. The summed E-state index contributed by atoms with van der Waals surface area (Å²) in [5.41, 5.74) is 1.01. The molecule has 0 spiro atoms. The lowest BCUT2D eigenvalue weighted by Crippen LogP contribution is -2.21. The summed E-state index contributed by atoms with van der Waals surface area (Å²) < 4.78 is 12.3. The van der Waals surface area contributed by atoms with E-state index < -0.39 is 0 Å². The third-order valence-electron chi connectivity index (χ3n) is 4.28. The van der Waals surface area contributed by atoms with Gasteiger partial charge in [0.2, 0.25) is 0 Å². The van der Waals surface area contributed by atoms with Gasteiger partial charge in [-0.25, -0.2) is 4.98 Å². The van der Waals surface area contributed by atoms with Crippen LogP contribution >= 0.6 is 11.3 Å². The van der Waals surface area contributed by atoms with E-state index in [0.29, 0.717) is 5.92 Å². The molecule has 1 saturated heterocycles. The normalized spacial score (nSPS) is 17.4. The van der Waals surface area contributed by atoms with Gasteiger partial charge in [0.1, 0.15) is 11.5 Å². The van der Waals surface area contributed by atoms with Crippen molar-refractivity contribution < 1.29 is 9.47 Å². The summed E-state index contributed by atoms with van der Waals surface area (Å²) in [6, 6.07) is 9.85. The highest BCUT2D eigenvalue weighted by Crippen LogP contribution is 2.33. The predicted molar refractivity (Wildman–Crippen MR) is 96.2 cm³/mol. The number of rotatable bonds is 5. The molecule has 0 amide bonds. The molecular weight excluding hydrogens is 322 g/mol. The summed E-state index contributed by atoms with van der Waals surface area (Å²) in [6.07, 6.45) is 4.64. The van der Waals surface area contributed by atoms with Crippen molar-refractivity contribution in [1.82, 2.24) is 9.97 Å². The van der Waals surface area contributed by atoms with Crippen LogP contribution in [0, 0.1) is 5.92 Å². The zero-order valence-electron chi connectivity index (χ0n) is 13.5. The first-order chi connectivity index (χ1) is 11.8. The lowest BCUT2D eigenvalue weighted by atomic mass is 10.1. The molecule has 3 aromatic rings. The van der Waals surface area contributed by atoms with E-state index in [1.54, 1.807) is 30.8 Å². The van der Waals surface area contributed by atoms with E-state index in [1.807, 2.05) is 24.3 Å². The Hall–Kier alpha value is -2.34. The van der Waals surface area contributed by atoms with E-state index in [2.05, 4.69) is 16.0 Å². The Labute approximate surface area is 144 Å². The molecule has 6 heteroatoms. The van der Waals surface area contributed by atoms with Crippen molar-refractivity contribution in [3.05, 3.63) is 42.7 Å². The average molecular weight is 341 g/mol. The van der Waals surface area contributed by atoms with Crippen molar-refractivity contribution in [3.8, 4) is 11.5 Å². The summed E-state index contributed by atoms with van der Waals surface area (Å²) >= 11 is 1.74. The van der Waals surface area contributed by atoms with Crippen LogP contribution in [-0.2, 0) is 0 Å². The van der Waals surface area contributed by atoms with E-state index in [0.717, 1.165) is 48.3 Å². The number of hydrogen-bond donors (Lipinski definition) is 0. The van der Waals surface area contributed by atoms with Crippen LogP contribution < -0.4 is 14.4 Å². The Balaban J connectivity index is 1.41. The first-order valence-electron chi connectivity index (χ1n) is 8.04. The van der Waals surface area contributed by atoms with Crippen LogP contribution in [0.4, 0.5) is 5.13 Å². The number of nitrogens with zero attached hydrogens (tertiary/aromatic N) is 3. The molecule has 1 fully saturated rings. The topological polar surface area (TPSA) is 47.5 Å². The smallest absolute Gasteiger partial charge is 0.186 e. The first-order valence-corrected chi connectivity index (χ1v) is 8.86. The maximum Gasteiger partial charge on any atom is 0.186 e. The summed E-state index contributed by atoms with van der Waals surface area (Å²) in [4.78, 5) is 11.1. The summed E-state index contributed by atoms with van der Waals surface area (Å²) in [5, 5.41) is 1.09. The maximum atomic E-state index is 5.86. The fourth-order valence-corrected chi connectivity index (χ4v) is 3.93. The lowest BCUT2D eigenvalue weighted by molar-refractivity contribution is 0.261. The maximum absolute atomic E-state index is 5.86. The van der Waals surface area contributed by atoms with Crippen molar-refractivity contribution in [3.63, 3.8) is 0 Å². The molecule has 1 aliphatic rings. The third kappa shape index (κ3) is 3.14. The highest BCUT2D eigenvalue weighted by molar-refractivity contribution is 7.22. The summed E-state index contributed by atoms with van der Waals surface area (Å²) in [6.45, 7) is 2.75. The standard InChI is InChI=1S/C18H19N3O2S/c1-22-15-2-3-17-16(10-15)20-18(24-17)21-9-6-13(11-21)12-23-14-4-7-19-8-5-14/h2-5,7-8,10,13H,6,9,11-12H2,1H3. The fraction of sp³-hybridized carbons (Fsp3) is 0.333. The fourth-order valence-electron chi connectivity index (χ4n) is 2.95. The third-order valence-corrected chi connectivity index (χ3v) is 5.37. The van der Waals surface area contributed by atoms with Crippen LogP contribution in [0.15, 0.2) is 42.7 Å². The number of benzene rings is 1. The second-order valence-corrected chi connectivity index (χ2v) is 6.93. The molecule has 0 saturated carbocycles. The van der Waals surface area contributed by atoms with E-state index in [-0.39, 0.29) is 0 Å². The van der Waals surface area contributed by atoms with Crippen LogP contribution in [0.1, 0.15) is 6.42 Å². The van der Waals surface area contributed by atoms with Gasteiger partial charge in [-0.2, -0.15) is 0 Å². The van der Waals surface area contributed by atoms with Gasteiger partial charge in [0.05, 0.1) is 23.9 Å². The lowest BCUT2D eigenvalue weighted by Gasteiger charge is -2.15. The number of methoxy groups -OCH3 is 1. The molecule has 0 radical (unpaired) electrons. The van der Waals surface area contributed by atoms with Gasteiger partial charge in [-0.1, -0.05) is 11.3 Å². The molecule has 0 aliphatic carbocycles. The Morgan fingerprint density at radius 1 is 1.21 bits per heavy atom. The molecule has 1 atom stereocenters. The van der Waals surface area contributed by atoms with Gasteiger partial charge in [0, 0.05) is 37.5 Å². The monoisotopic (exact) mass is 341 g/mol. The molecule has 124 valence electrons. The second kappa shape index (κ2) is 6.65. The quantitative estimate of drug-likeness (QED) is 0.709. The van der Waals surface area contributed by atoms with E-state index in [1.165, 1.54) is 4.70 Å². The van der Waals surface area contributed by atoms with Crippen molar-refractivity contribution >= 4 is 26.7 Å². The molecule has 1 unspecified atom stereocenters. The van der Waals surface area contributed by atoms with Gasteiger partial charge >= 0.3 is 0 Å². The van der Waals surface area contributed by atoms with Crippen molar-refractivity contribution in [2.75, 3.05) is 31.7 Å². The van der Waals surface area contributed by atoms with Crippen LogP contribution in [0.3, 0.4) is 0 Å². The van der Waals surface area contributed by atoms with Crippen molar-refractivity contribution in [2.45, 2.75) is 6.42 Å². The zero-order valence-corrected chi connectivity index (χ0v) is 14.3. The number of ether oxygens (including phenoxy) is 2. The van der Waals surface area contributed by atoms with Gasteiger partial charge in [-0.05, 0) is 30.7 Å². The van der Waals surface area contributed by atoms with Crippen molar-refractivity contribution in [2.24, 2.45) is 5.92 Å². The molecule has 0 N–H and O–H groups in total. The van der Waals surface area contributed by atoms with Crippen LogP contribution in [-0.4, -0.2) is 36.8 Å². The Bertz CT molecular complexity index is 822. The molecule has 3 heterocycles. The van der Waals surface area contributed by atoms with Gasteiger partial charge < -0.3 is 14.4 Å². The Kier molecular flexibility index (Phi) is 4.21. The number of aromatic nitrogens is 2. The minimum Gasteiger partial charge on any atom is -0.497 e. The Morgan fingerprint density at radius 2 is 2.08 bits per heavy atom. The minimum absolute atomic E-state index is 0.528. The molecule has 1 aromatic carbocycles. The van der Waals surface area contributed by atoms with Crippen molar-refractivity contribution in [1.29, 1.82) is 0 Å². The van der Waals surface area contributed by atoms with Gasteiger partial charge in [-0.3, -0.25) is 4.98 Å².